The van der Waals surface area contributed by atoms with E-state index in [2.05, 4.69) is 11.9 Å². The first-order chi connectivity index (χ1) is 19.2. The van der Waals surface area contributed by atoms with Gasteiger partial charge in [-0.15, -0.1) is 11.3 Å². The summed E-state index contributed by atoms with van der Waals surface area (Å²) in [5.74, 6) is -1.93. The van der Waals surface area contributed by atoms with Crippen LogP contribution in [0.3, 0.4) is 0 Å². The maximum Gasteiger partial charge on any atom is 0.331 e. The number of carboxylic acids is 1. The normalized spacial score (nSPS) is 12.5. The summed E-state index contributed by atoms with van der Waals surface area (Å²) in [5, 5.41) is 11.2. The molecule has 40 heavy (non-hydrogen) atoms. The van der Waals surface area contributed by atoms with Crippen LogP contribution in [0.4, 0.5) is 4.39 Å². The van der Waals surface area contributed by atoms with Gasteiger partial charge in [-0.05, 0) is 37.6 Å². The number of unbranched alkanes of at least 4 members (excludes halogenated alkanes) is 6. The molecule has 0 bridgehead atoms. The largest absolute Gasteiger partial charge is 0.478 e. The molecule has 3 aromatic rings. The average molecular weight is 607 g/mol. The highest BCUT2D eigenvalue weighted by molar-refractivity contribution is 7.12. The van der Waals surface area contributed by atoms with Gasteiger partial charge in [0.1, 0.15) is 5.82 Å². The molecule has 5 nitrogen and oxygen atoms in total. The number of aromatic nitrogens is 1. The van der Waals surface area contributed by atoms with Crippen molar-refractivity contribution in [2.75, 3.05) is 7.11 Å². The number of nitrogens with zero attached hydrogens (tertiary/aromatic N) is 1. The molecule has 1 N–H and O–H groups in total. The van der Waals surface area contributed by atoms with Gasteiger partial charge < -0.3 is 9.84 Å². The van der Waals surface area contributed by atoms with E-state index in [0.717, 1.165) is 30.6 Å². The number of methoxy groups -OCH3 is 1. The SMILES string of the molecule is CCCCCCCCCC(OC)c1cccc(-c2csc(C(=O)c3cc(Cl)c(C=C(C)C(=O)O)c(Cl)c3)n2)c1F. The Kier molecular flexibility index (Phi) is 12.3. The van der Waals surface area contributed by atoms with Gasteiger partial charge in [-0.2, -0.15) is 0 Å². The third kappa shape index (κ3) is 8.23. The third-order valence-corrected chi connectivity index (χ3v) is 8.21. The topological polar surface area (TPSA) is 76.5 Å². The standard InChI is InChI=1S/C31H34Cl2FNO4S/c1-4-5-6-7-8-9-10-14-27(39-3)22-13-11-12-21(28(22)34)26-18-40-30(35-26)29(36)20-16-24(32)23(25(33)17-20)15-19(2)31(37)38/h11-13,15-18,27H,4-10,14H2,1-3H3,(H,37,38). The highest BCUT2D eigenvalue weighted by Crippen LogP contribution is 2.34. The van der Waals surface area contributed by atoms with Gasteiger partial charge in [0.15, 0.2) is 5.01 Å². The number of carbonyl (C=O) groups is 2. The molecule has 1 unspecified atom stereocenters. The molecule has 0 spiro atoms. The van der Waals surface area contributed by atoms with Crippen molar-refractivity contribution in [2.45, 2.75) is 71.3 Å². The monoisotopic (exact) mass is 605 g/mol. The van der Waals surface area contributed by atoms with Crippen LogP contribution in [-0.4, -0.2) is 29.0 Å². The molecule has 0 aliphatic heterocycles. The maximum absolute atomic E-state index is 15.7. The van der Waals surface area contributed by atoms with Crippen molar-refractivity contribution in [1.82, 2.24) is 4.98 Å². The quantitative estimate of drug-likeness (QED) is 0.106. The van der Waals surface area contributed by atoms with Crippen molar-refractivity contribution < 1.29 is 23.8 Å². The Morgan fingerprint density at radius 3 is 2.38 bits per heavy atom. The van der Waals surface area contributed by atoms with Crippen molar-refractivity contribution in [3.05, 3.63) is 78.8 Å². The lowest BCUT2D eigenvalue weighted by molar-refractivity contribution is -0.132. The van der Waals surface area contributed by atoms with Gasteiger partial charge in [0, 0.05) is 40.3 Å². The number of hydrogen-bond donors (Lipinski definition) is 1. The fourth-order valence-electron chi connectivity index (χ4n) is 4.44. The molecule has 0 saturated heterocycles. The third-order valence-electron chi connectivity index (χ3n) is 6.74. The molecule has 0 aliphatic carbocycles. The molecule has 0 fully saturated rings. The van der Waals surface area contributed by atoms with E-state index >= 15 is 4.39 Å². The predicted octanol–water partition coefficient (Wildman–Crippen LogP) is 9.80. The minimum atomic E-state index is -1.10. The van der Waals surface area contributed by atoms with Crippen molar-refractivity contribution in [1.29, 1.82) is 0 Å². The zero-order valence-electron chi connectivity index (χ0n) is 22.9. The van der Waals surface area contributed by atoms with Crippen LogP contribution < -0.4 is 0 Å². The molecule has 214 valence electrons. The van der Waals surface area contributed by atoms with E-state index in [1.807, 2.05) is 0 Å². The van der Waals surface area contributed by atoms with Crippen LogP contribution in [-0.2, 0) is 9.53 Å². The van der Waals surface area contributed by atoms with Crippen molar-refractivity contribution >= 4 is 52.4 Å². The summed E-state index contributed by atoms with van der Waals surface area (Å²) in [6.07, 6.45) is 9.90. The van der Waals surface area contributed by atoms with Crippen LogP contribution >= 0.6 is 34.5 Å². The number of benzene rings is 2. The van der Waals surface area contributed by atoms with E-state index in [1.54, 1.807) is 30.7 Å². The number of hydrogen-bond acceptors (Lipinski definition) is 5. The van der Waals surface area contributed by atoms with E-state index in [0.29, 0.717) is 22.4 Å². The average Bonchev–Trinajstić information content (AvgIpc) is 3.42. The van der Waals surface area contributed by atoms with Crippen LogP contribution in [0.15, 0.2) is 41.3 Å². The number of thiazole rings is 1. The Hall–Kier alpha value is -2.58. The fraction of sp³-hybridized carbons (Fsp3) is 0.387. The summed E-state index contributed by atoms with van der Waals surface area (Å²) in [6, 6.07) is 8.00. The van der Waals surface area contributed by atoms with E-state index < -0.39 is 17.6 Å². The second kappa shape index (κ2) is 15.4. The van der Waals surface area contributed by atoms with Crippen LogP contribution in [0.5, 0.6) is 0 Å². The molecule has 3 rings (SSSR count). The second-order valence-corrected chi connectivity index (χ2v) is 11.4. The smallest absolute Gasteiger partial charge is 0.331 e. The minimum absolute atomic E-state index is 0.0508. The summed E-state index contributed by atoms with van der Waals surface area (Å²) < 4.78 is 21.3. The number of halogens is 3. The van der Waals surface area contributed by atoms with E-state index in [4.69, 9.17) is 33.0 Å². The van der Waals surface area contributed by atoms with Crippen molar-refractivity contribution in [3.63, 3.8) is 0 Å². The first kappa shape index (κ1) is 31.9. The molecule has 1 heterocycles. The first-order valence-electron chi connectivity index (χ1n) is 13.4. The lowest BCUT2D eigenvalue weighted by Gasteiger charge is -2.17. The van der Waals surface area contributed by atoms with Crippen molar-refractivity contribution in [3.8, 4) is 11.3 Å². The van der Waals surface area contributed by atoms with Gasteiger partial charge in [0.2, 0.25) is 5.78 Å². The first-order valence-corrected chi connectivity index (χ1v) is 15.0. The van der Waals surface area contributed by atoms with Crippen molar-refractivity contribution in [2.24, 2.45) is 0 Å². The Labute approximate surface area is 249 Å². The molecule has 1 aromatic heterocycles. The number of carbonyl (C=O) groups excluding carboxylic acids is 1. The molecule has 2 aromatic carbocycles. The van der Waals surface area contributed by atoms with Crippen LogP contribution in [0, 0.1) is 5.82 Å². The Balaban J connectivity index is 1.77. The number of carboxylic acid groups (broad SMARTS) is 1. The van der Waals surface area contributed by atoms with Crippen LogP contribution in [0.2, 0.25) is 10.0 Å². The van der Waals surface area contributed by atoms with E-state index in [9.17, 15) is 9.59 Å². The lowest BCUT2D eigenvalue weighted by atomic mass is 9.98. The summed E-state index contributed by atoms with van der Waals surface area (Å²) in [7, 11) is 1.60. The Morgan fingerprint density at radius 2 is 1.75 bits per heavy atom. The van der Waals surface area contributed by atoms with Gasteiger partial charge in [-0.1, -0.05) is 87.2 Å². The Bertz CT molecular complexity index is 1350. The molecule has 0 aliphatic rings. The minimum Gasteiger partial charge on any atom is -0.478 e. The van der Waals surface area contributed by atoms with Gasteiger partial charge >= 0.3 is 5.97 Å². The zero-order chi connectivity index (χ0) is 29.2. The van der Waals surface area contributed by atoms with Gasteiger partial charge in [-0.3, -0.25) is 4.79 Å². The molecule has 0 saturated carbocycles. The highest BCUT2D eigenvalue weighted by Gasteiger charge is 2.22. The van der Waals surface area contributed by atoms with E-state index in [-0.39, 0.29) is 32.3 Å². The molecule has 1 atom stereocenters. The fourth-order valence-corrected chi connectivity index (χ4v) is 5.82. The Morgan fingerprint density at radius 1 is 1.10 bits per heavy atom. The highest BCUT2D eigenvalue weighted by atomic mass is 35.5. The number of rotatable bonds is 15. The van der Waals surface area contributed by atoms with Crippen LogP contribution in [0.1, 0.15) is 97.8 Å². The number of ketones is 1. The van der Waals surface area contributed by atoms with Gasteiger partial charge in [-0.25, -0.2) is 14.2 Å². The molecule has 9 heteroatoms. The van der Waals surface area contributed by atoms with Gasteiger partial charge in [0.05, 0.1) is 21.8 Å². The zero-order valence-corrected chi connectivity index (χ0v) is 25.3. The van der Waals surface area contributed by atoms with Crippen LogP contribution in [0.25, 0.3) is 17.3 Å². The number of ether oxygens (including phenoxy) is 1. The number of aliphatic carboxylic acids is 1. The molecular weight excluding hydrogens is 572 g/mol. The summed E-state index contributed by atoms with van der Waals surface area (Å²) in [5.41, 5.74) is 1.69. The molecule has 0 amide bonds. The molecule has 0 radical (unpaired) electrons. The van der Waals surface area contributed by atoms with Gasteiger partial charge in [0.25, 0.3) is 0 Å². The summed E-state index contributed by atoms with van der Waals surface area (Å²) in [4.78, 5) is 28.8. The lowest BCUT2D eigenvalue weighted by Crippen LogP contribution is -2.06. The predicted molar refractivity (Wildman–Crippen MR) is 161 cm³/mol. The maximum atomic E-state index is 15.7. The summed E-state index contributed by atoms with van der Waals surface area (Å²) in [6.45, 7) is 3.62. The van der Waals surface area contributed by atoms with E-state index in [1.165, 1.54) is 57.2 Å². The summed E-state index contributed by atoms with van der Waals surface area (Å²) >= 11 is 13.7. The molecular formula is C31H34Cl2FNO4S. The second-order valence-electron chi connectivity index (χ2n) is 9.70.